The lowest BCUT2D eigenvalue weighted by Gasteiger charge is -2.14. The highest BCUT2D eigenvalue weighted by molar-refractivity contribution is 7.99. The Morgan fingerprint density at radius 2 is 1.74 bits per heavy atom. The minimum Gasteiger partial charge on any atom is -0.325 e. The van der Waals surface area contributed by atoms with Gasteiger partial charge < -0.3 is 5.32 Å². The number of rotatable bonds is 5. The van der Waals surface area contributed by atoms with Crippen LogP contribution in [0.1, 0.15) is 23.3 Å². The molecule has 0 aliphatic heterocycles. The number of thiophene rings is 1. The molecule has 2 aromatic heterocycles. The lowest BCUT2D eigenvalue weighted by atomic mass is 9.97. The number of para-hydroxylation sites is 1. The maximum atomic E-state index is 13.8. The average Bonchev–Trinajstić information content (AvgIpc) is 3.27. The number of benzene rings is 3. The third kappa shape index (κ3) is 4.15. The third-order valence-electron chi connectivity index (χ3n) is 6.37. The van der Waals surface area contributed by atoms with Gasteiger partial charge in [0.15, 0.2) is 5.16 Å². The first-order valence-electron chi connectivity index (χ1n) is 11.7. The Kier molecular flexibility index (Phi) is 5.88. The monoisotopic (exact) mass is 497 g/mol. The molecule has 0 saturated carbocycles. The van der Waals surface area contributed by atoms with Gasteiger partial charge in [-0.1, -0.05) is 66.4 Å². The van der Waals surface area contributed by atoms with Crippen molar-refractivity contribution in [2.24, 2.45) is 0 Å². The van der Waals surface area contributed by atoms with Gasteiger partial charge in [0.25, 0.3) is 5.56 Å². The van der Waals surface area contributed by atoms with Crippen molar-refractivity contribution in [3.8, 4) is 5.69 Å². The van der Waals surface area contributed by atoms with Crippen molar-refractivity contribution in [2.75, 3.05) is 11.1 Å². The van der Waals surface area contributed by atoms with Gasteiger partial charge >= 0.3 is 0 Å². The molecule has 0 bridgehead atoms. The maximum Gasteiger partial charge on any atom is 0.267 e. The number of nitrogens with one attached hydrogen (secondary N) is 1. The van der Waals surface area contributed by atoms with Gasteiger partial charge in [-0.05, 0) is 54.8 Å². The van der Waals surface area contributed by atoms with E-state index in [9.17, 15) is 9.59 Å². The number of carbonyl (C=O) groups is 1. The summed E-state index contributed by atoms with van der Waals surface area (Å²) in [4.78, 5) is 33.7. The van der Waals surface area contributed by atoms with Gasteiger partial charge in [0.2, 0.25) is 5.91 Å². The van der Waals surface area contributed by atoms with E-state index in [1.807, 2.05) is 72.8 Å². The van der Waals surface area contributed by atoms with Crippen LogP contribution >= 0.6 is 23.1 Å². The second-order valence-corrected chi connectivity index (χ2v) is 10.7. The molecule has 3 aromatic carbocycles. The van der Waals surface area contributed by atoms with E-state index in [1.54, 1.807) is 15.9 Å². The predicted octanol–water partition coefficient (Wildman–Crippen LogP) is 6.21. The normalized spacial score (nSPS) is 13.1. The first-order valence-corrected chi connectivity index (χ1v) is 13.5. The summed E-state index contributed by atoms with van der Waals surface area (Å²) in [6.45, 7) is 0. The van der Waals surface area contributed by atoms with E-state index in [4.69, 9.17) is 4.98 Å². The second kappa shape index (κ2) is 9.32. The minimum atomic E-state index is -0.134. The molecule has 0 saturated heterocycles. The Labute approximate surface area is 210 Å². The van der Waals surface area contributed by atoms with Gasteiger partial charge in [-0.3, -0.25) is 14.2 Å². The molecular formula is C28H23N3O2S2. The summed E-state index contributed by atoms with van der Waals surface area (Å²) in [7, 11) is 0. The van der Waals surface area contributed by atoms with Crippen LogP contribution in [0.2, 0.25) is 0 Å². The zero-order valence-electron chi connectivity index (χ0n) is 19.0. The number of amides is 1. The fourth-order valence-corrected chi connectivity index (χ4v) is 6.85. The van der Waals surface area contributed by atoms with Crippen LogP contribution in [0.25, 0.3) is 26.7 Å². The molecule has 1 amide bonds. The molecule has 0 fully saturated rings. The Bertz CT molecular complexity index is 1620. The molecule has 5 aromatic rings. The predicted molar refractivity (Wildman–Crippen MR) is 145 cm³/mol. The van der Waals surface area contributed by atoms with Crippen LogP contribution in [0.4, 0.5) is 5.69 Å². The number of fused-ring (bicyclic) bond motifs is 4. The van der Waals surface area contributed by atoms with E-state index in [-0.39, 0.29) is 17.2 Å². The van der Waals surface area contributed by atoms with Crippen LogP contribution in [0.15, 0.2) is 82.7 Å². The molecule has 0 spiro atoms. The molecule has 1 N–H and O–H groups in total. The van der Waals surface area contributed by atoms with E-state index < -0.39 is 0 Å². The minimum absolute atomic E-state index is 0.0439. The van der Waals surface area contributed by atoms with E-state index in [0.717, 1.165) is 58.0 Å². The Morgan fingerprint density at radius 3 is 2.63 bits per heavy atom. The number of aryl methyl sites for hydroxylation is 2. The van der Waals surface area contributed by atoms with Crippen molar-refractivity contribution in [1.29, 1.82) is 0 Å². The van der Waals surface area contributed by atoms with Gasteiger partial charge in [-0.15, -0.1) is 11.3 Å². The number of anilines is 1. The molecule has 6 rings (SSSR count). The van der Waals surface area contributed by atoms with Crippen molar-refractivity contribution in [2.45, 2.75) is 30.8 Å². The number of carbonyl (C=O) groups excluding carboxylic acids is 1. The molecule has 174 valence electrons. The van der Waals surface area contributed by atoms with E-state index in [1.165, 1.54) is 22.2 Å². The molecule has 1 aliphatic carbocycles. The molecule has 5 nitrogen and oxygen atoms in total. The quantitative estimate of drug-likeness (QED) is 0.232. The largest absolute Gasteiger partial charge is 0.325 e. The van der Waals surface area contributed by atoms with Crippen LogP contribution in [0.5, 0.6) is 0 Å². The number of hydrogen-bond acceptors (Lipinski definition) is 5. The Balaban J connectivity index is 1.35. The van der Waals surface area contributed by atoms with Crippen LogP contribution in [0, 0.1) is 0 Å². The summed E-state index contributed by atoms with van der Waals surface area (Å²) in [5.41, 5.74) is 2.67. The number of nitrogens with zero attached hydrogens (tertiary/aromatic N) is 2. The third-order valence-corrected chi connectivity index (χ3v) is 8.49. The van der Waals surface area contributed by atoms with Gasteiger partial charge in [-0.25, -0.2) is 4.98 Å². The topological polar surface area (TPSA) is 64.0 Å². The van der Waals surface area contributed by atoms with Crippen molar-refractivity contribution in [1.82, 2.24) is 9.55 Å². The molecule has 2 heterocycles. The molecular weight excluding hydrogens is 474 g/mol. The van der Waals surface area contributed by atoms with E-state index in [0.29, 0.717) is 5.16 Å². The molecule has 0 unspecified atom stereocenters. The second-order valence-electron chi connectivity index (χ2n) is 8.63. The maximum absolute atomic E-state index is 13.8. The van der Waals surface area contributed by atoms with Crippen LogP contribution in [-0.4, -0.2) is 21.2 Å². The average molecular weight is 498 g/mol. The van der Waals surface area contributed by atoms with Gasteiger partial charge in [0.1, 0.15) is 4.83 Å². The molecule has 0 atom stereocenters. The molecule has 1 aliphatic rings. The Hall–Kier alpha value is -3.42. The van der Waals surface area contributed by atoms with Crippen LogP contribution in [-0.2, 0) is 17.6 Å². The summed E-state index contributed by atoms with van der Waals surface area (Å²) in [6.07, 6.45) is 4.20. The lowest BCUT2D eigenvalue weighted by Crippen LogP contribution is -2.23. The first-order chi connectivity index (χ1) is 17.2. The van der Waals surface area contributed by atoms with Crippen molar-refractivity contribution >= 4 is 55.7 Å². The zero-order chi connectivity index (χ0) is 23.8. The van der Waals surface area contributed by atoms with Crippen molar-refractivity contribution in [3.05, 3.63) is 93.6 Å². The summed E-state index contributed by atoms with van der Waals surface area (Å²) in [6, 6.07) is 23.4. The first kappa shape index (κ1) is 22.1. The van der Waals surface area contributed by atoms with Gasteiger partial charge in [0.05, 0.1) is 16.8 Å². The van der Waals surface area contributed by atoms with Gasteiger partial charge in [-0.2, -0.15) is 0 Å². The number of aromatic nitrogens is 2. The smallest absolute Gasteiger partial charge is 0.267 e. The van der Waals surface area contributed by atoms with E-state index in [2.05, 4.69) is 5.32 Å². The standard InChI is InChI=1S/C28H23N3O2S2/c32-24(29-22-15-8-10-18-9-4-5-13-20(18)22)17-34-28-30-26-25(21-14-6-7-16-23(21)35-26)27(33)31(28)19-11-2-1-3-12-19/h1-5,8-13,15H,6-7,14,16-17H2,(H,29,32). The molecule has 7 heteroatoms. The number of hydrogen-bond donors (Lipinski definition) is 1. The van der Waals surface area contributed by atoms with E-state index >= 15 is 0 Å². The summed E-state index contributed by atoms with van der Waals surface area (Å²) >= 11 is 2.93. The SMILES string of the molecule is O=C(CSc1nc2sc3c(c2c(=O)n1-c1ccccc1)CCCC3)Nc1cccc2ccccc12. The number of thioether (sulfide) groups is 1. The van der Waals surface area contributed by atoms with Crippen molar-refractivity contribution in [3.63, 3.8) is 0 Å². The fourth-order valence-electron chi connectivity index (χ4n) is 4.74. The lowest BCUT2D eigenvalue weighted by molar-refractivity contribution is -0.113. The fraction of sp³-hybridized carbons (Fsp3) is 0.179. The highest BCUT2D eigenvalue weighted by atomic mass is 32.2. The van der Waals surface area contributed by atoms with Gasteiger partial charge in [0, 0.05) is 16.0 Å². The van der Waals surface area contributed by atoms with Crippen molar-refractivity contribution < 1.29 is 4.79 Å². The Morgan fingerprint density at radius 1 is 0.971 bits per heavy atom. The highest BCUT2D eigenvalue weighted by Gasteiger charge is 2.23. The van der Waals surface area contributed by atoms with Crippen LogP contribution in [0.3, 0.4) is 0 Å². The zero-order valence-corrected chi connectivity index (χ0v) is 20.6. The molecule has 0 radical (unpaired) electrons. The highest BCUT2D eigenvalue weighted by Crippen LogP contribution is 2.35. The summed E-state index contributed by atoms with van der Waals surface area (Å²) in [5.74, 6) is 0.0183. The summed E-state index contributed by atoms with van der Waals surface area (Å²) < 4.78 is 1.67. The van der Waals surface area contributed by atoms with Crippen LogP contribution < -0.4 is 10.9 Å². The summed E-state index contributed by atoms with van der Waals surface area (Å²) in [5, 5.41) is 6.40. The molecule has 35 heavy (non-hydrogen) atoms.